The Bertz CT molecular complexity index is 668. The lowest BCUT2D eigenvalue weighted by Crippen LogP contribution is -2.13. The van der Waals surface area contributed by atoms with Crippen LogP contribution in [0.25, 0.3) is 0 Å². The molecule has 0 radical (unpaired) electrons. The number of hydroxylamine groups is 1. The molecule has 0 aliphatic carbocycles. The highest BCUT2D eigenvalue weighted by atomic mass is 35.5. The second-order valence-corrected chi connectivity index (χ2v) is 8.35. The lowest BCUT2D eigenvalue weighted by Gasteiger charge is -2.16. The van der Waals surface area contributed by atoms with Crippen LogP contribution in [0.4, 0.5) is 0 Å². The second kappa shape index (κ2) is 14.6. The zero-order valence-corrected chi connectivity index (χ0v) is 19.8. The molecule has 0 bridgehead atoms. The van der Waals surface area contributed by atoms with Gasteiger partial charge in [-0.3, -0.25) is 10.3 Å². The van der Waals surface area contributed by atoms with Crippen molar-refractivity contribution < 1.29 is 14.3 Å². The van der Waals surface area contributed by atoms with Crippen LogP contribution in [-0.2, 0) is 11.3 Å². The molecule has 164 valence electrons. The van der Waals surface area contributed by atoms with Gasteiger partial charge >= 0.3 is 0 Å². The van der Waals surface area contributed by atoms with Crippen LogP contribution < -0.4 is 15.0 Å². The van der Waals surface area contributed by atoms with Crippen molar-refractivity contribution >= 4 is 23.2 Å². The van der Waals surface area contributed by atoms with Gasteiger partial charge in [-0.15, -0.1) is 0 Å². The standard InChI is InChI=1S/C23H35Cl2NO3/c1-6-20-16-21(27-13-10-22(24)25)15-18(4)23(20)28-11-8-7-9-12-29-26-19(5)14-17(2)3/h10,14-17,26H,6-9,11-13H2,1-5H3. The third-order valence-corrected chi connectivity index (χ3v) is 4.46. The first-order chi connectivity index (χ1) is 13.8. The van der Waals surface area contributed by atoms with E-state index in [9.17, 15) is 0 Å². The van der Waals surface area contributed by atoms with Crippen molar-refractivity contribution in [2.75, 3.05) is 19.8 Å². The van der Waals surface area contributed by atoms with Gasteiger partial charge in [0.05, 0.1) is 13.2 Å². The fourth-order valence-corrected chi connectivity index (χ4v) is 3.02. The lowest BCUT2D eigenvalue weighted by molar-refractivity contribution is 0.0589. The van der Waals surface area contributed by atoms with Crippen LogP contribution in [-0.4, -0.2) is 19.8 Å². The van der Waals surface area contributed by atoms with Crippen molar-refractivity contribution in [3.05, 3.63) is 45.6 Å². The summed E-state index contributed by atoms with van der Waals surface area (Å²) in [6, 6.07) is 4.00. The van der Waals surface area contributed by atoms with Gasteiger partial charge in [-0.25, -0.2) is 0 Å². The molecule has 0 aliphatic rings. The number of benzene rings is 1. The van der Waals surface area contributed by atoms with Crippen LogP contribution in [0.1, 0.15) is 58.1 Å². The maximum absolute atomic E-state index is 6.07. The maximum atomic E-state index is 6.07. The van der Waals surface area contributed by atoms with Gasteiger partial charge in [0.15, 0.2) is 0 Å². The Labute approximate surface area is 186 Å². The molecule has 0 heterocycles. The van der Waals surface area contributed by atoms with Gasteiger partial charge in [-0.2, -0.15) is 0 Å². The molecule has 4 nitrogen and oxygen atoms in total. The normalized spacial score (nSPS) is 11.5. The van der Waals surface area contributed by atoms with Crippen molar-refractivity contribution in [3.8, 4) is 11.5 Å². The lowest BCUT2D eigenvalue weighted by atomic mass is 10.1. The summed E-state index contributed by atoms with van der Waals surface area (Å²) in [7, 11) is 0. The van der Waals surface area contributed by atoms with E-state index in [2.05, 4.69) is 32.3 Å². The van der Waals surface area contributed by atoms with E-state index in [1.807, 2.05) is 26.0 Å². The Morgan fingerprint density at radius 1 is 1.10 bits per heavy atom. The molecule has 0 unspecified atom stereocenters. The van der Waals surface area contributed by atoms with E-state index in [-0.39, 0.29) is 4.49 Å². The number of rotatable bonds is 14. The molecule has 1 N–H and O–H groups in total. The van der Waals surface area contributed by atoms with Gasteiger partial charge in [0.25, 0.3) is 0 Å². The van der Waals surface area contributed by atoms with E-state index in [1.165, 1.54) is 0 Å². The number of halogens is 2. The van der Waals surface area contributed by atoms with Gasteiger partial charge in [-0.1, -0.05) is 50.0 Å². The molecule has 1 rings (SSSR count). The Morgan fingerprint density at radius 3 is 2.48 bits per heavy atom. The molecule has 6 heteroatoms. The molecule has 0 aliphatic heterocycles. The number of hydrogen-bond donors (Lipinski definition) is 1. The Hall–Kier alpha value is -1.36. The number of nitrogens with one attached hydrogen (secondary N) is 1. The van der Waals surface area contributed by atoms with E-state index in [4.69, 9.17) is 37.5 Å². The second-order valence-electron chi connectivity index (χ2n) is 7.34. The summed E-state index contributed by atoms with van der Waals surface area (Å²) in [5.41, 5.74) is 6.24. The van der Waals surface area contributed by atoms with Gasteiger partial charge in [-0.05, 0) is 74.8 Å². The van der Waals surface area contributed by atoms with Crippen LogP contribution >= 0.6 is 23.2 Å². The van der Waals surface area contributed by atoms with E-state index in [1.54, 1.807) is 6.08 Å². The first kappa shape index (κ1) is 25.7. The van der Waals surface area contributed by atoms with E-state index in [0.717, 1.165) is 54.0 Å². The Balaban J connectivity index is 2.35. The van der Waals surface area contributed by atoms with Crippen LogP contribution in [0.3, 0.4) is 0 Å². The fraction of sp³-hybridized carbons (Fsp3) is 0.565. The smallest absolute Gasteiger partial charge is 0.125 e. The molecule has 29 heavy (non-hydrogen) atoms. The molecule has 1 aromatic rings. The topological polar surface area (TPSA) is 39.7 Å². The van der Waals surface area contributed by atoms with Crippen LogP contribution in [0, 0.1) is 12.8 Å². The zero-order chi connectivity index (χ0) is 21.6. The number of allylic oxidation sites excluding steroid dienone is 2. The molecule has 0 aromatic heterocycles. The molecule has 0 fully saturated rings. The number of ether oxygens (including phenoxy) is 2. The van der Waals surface area contributed by atoms with Gasteiger partial charge in [0.1, 0.15) is 22.6 Å². The van der Waals surface area contributed by atoms with Crippen molar-refractivity contribution in [1.29, 1.82) is 0 Å². The summed E-state index contributed by atoms with van der Waals surface area (Å²) in [4.78, 5) is 5.48. The molecular formula is C23H35Cl2NO3. The Morgan fingerprint density at radius 2 is 1.83 bits per heavy atom. The maximum Gasteiger partial charge on any atom is 0.125 e. The van der Waals surface area contributed by atoms with Gasteiger partial charge in [0.2, 0.25) is 0 Å². The molecule has 0 saturated carbocycles. The molecule has 0 saturated heterocycles. The highest BCUT2D eigenvalue weighted by Crippen LogP contribution is 2.30. The summed E-state index contributed by atoms with van der Waals surface area (Å²) >= 11 is 11.2. The monoisotopic (exact) mass is 443 g/mol. The first-order valence-electron chi connectivity index (χ1n) is 10.3. The number of hydrogen-bond acceptors (Lipinski definition) is 4. The predicted octanol–water partition coefficient (Wildman–Crippen LogP) is 6.89. The zero-order valence-electron chi connectivity index (χ0n) is 18.3. The molecule has 0 amide bonds. The summed E-state index contributed by atoms with van der Waals surface area (Å²) in [5.74, 6) is 2.27. The summed E-state index contributed by atoms with van der Waals surface area (Å²) < 4.78 is 12.0. The summed E-state index contributed by atoms with van der Waals surface area (Å²) in [6.07, 6.45) is 7.68. The molecule has 1 aromatic carbocycles. The predicted molar refractivity (Wildman–Crippen MR) is 123 cm³/mol. The van der Waals surface area contributed by atoms with Crippen LogP contribution in [0.2, 0.25) is 0 Å². The molecule has 0 spiro atoms. The third-order valence-electron chi connectivity index (χ3n) is 4.15. The molecular weight excluding hydrogens is 409 g/mol. The SMILES string of the molecule is CCc1cc(OCC=C(Cl)Cl)cc(C)c1OCCCCCONC(C)=CC(C)C. The fourth-order valence-electron chi connectivity index (χ4n) is 2.89. The number of aryl methyl sites for hydroxylation is 2. The van der Waals surface area contributed by atoms with Crippen molar-refractivity contribution in [2.24, 2.45) is 5.92 Å². The minimum absolute atomic E-state index is 0.209. The van der Waals surface area contributed by atoms with Crippen molar-refractivity contribution in [2.45, 2.75) is 60.3 Å². The first-order valence-corrected chi connectivity index (χ1v) is 11.1. The minimum atomic E-state index is 0.209. The Kier molecular flexibility index (Phi) is 12.9. The largest absolute Gasteiger partial charge is 0.493 e. The van der Waals surface area contributed by atoms with Crippen molar-refractivity contribution in [1.82, 2.24) is 5.48 Å². The average molecular weight is 444 g/mol. The van der Waals surface area contributed by atoms with Gasteiger partial charge in [0, 0.05) is 5.70 Å². The minimum Gasteiger partial charge on any atom is -0.493 e. The van der Waals surface area contributed by atoms with Crippen LogP contribution in [0.5, 0.6) is 11.5 Å². The van der Waals surface area contributed by atoms with Crippen molar-refractivity contribution in [3.63, 3.8) is 0 Å². The quantitative estimate of drug-likeness (QED) is 0.251. The highest BCUT2D eigenvalue weighted by molar-refractivity contribution is 6.55. The van der Waals surface area contributed by atoms with Gasteiger partial charge < -0.3 is 9.47 Å². The summed E-state index contributed by atoms with van der Waals surface area (Å²) in [6.45, 7) is 12.2. The summed E-state index contributed by atoms with van der Waals surface area (Å²) in [5, 5.41) is 0. The van der Waals surface area contributed by atoms with E-state index in [0.29, 0.717) is 25.7 Å². The van der Waals surface area contributed by atoms with E-state index < -0.39 is 0 Å². The third kappa shape index (κ3) is 11.4. The molecule has 0 atom stereocenters. The average Bonchev–Trinajstić information content (AvgIpc) is 2.63. The van der Waals surface area contributed by atoms with Crippen LogP contribution in [0.15, 0.2) is 34.5 Å². The highest BCUT2D eigenvalue weighted by Gasteiger charge is 2.09. The van der Waals surface area contributed by atoms with E-state index >= 15 is 0 Å². The number of unbranched alkanes of at least 4 members (excludes halogenated alkanes) is 2.